The first kappa shape index (κ1) is 16.5. The van der Waals surface area contributed by atoms with E-state index >= 15 is 0 Å². The topological polar surface area (TPSA) is 38.7 Å². The number of thioether (sulfide) groups is 1. The minimum absolute atomic E-state index is 0.0351. The van der Waals surface area contributed by atoms with Gasteiger partial charge < -0.3 is 4.74 Å². The molecule has 4 rings (SSSR count). The van der Waals surface area contributed by atoms with E-state index in [2.05, 4.69) is 0 Å². The molecule has 1 saturated heterocycles. The van der Waals surface area contributed by atoms with E-state index in [0.29, 0.717) is 24.3 Å². The smallest absolute Gasteiger partial charge is 0.169 e. The van der Waals surface area contributed by atoms with Gasteiger partial charge in [-0.2, -0.15) is 0 Å². The second-order valence-electron chi connectivity index (χ2n) is 6.40. The highest BCUT2D eigenvalue weighted by Crippen LogP contribution is 2.46. The van der Waals surface area contributed by atoms with E-state index in [1.54, 1.807) is 23.9 Å². The Balaban J connectivity index is 1.67. The molecule has 0 saturated carbocycles. The lowest BCUT2D eigenvalue weighted by Crippen LogP contribution is -2.39. The third kappa shape index (κ3) is 3.02. The summed E-state index contributed by atoms with van der Waals surface area (Å²) >= 11 is 1.59. The molecule has 0 spiro atoms. The highest BCUT2D eigenvalue weighted by molar-refractivity contribution is 8.14. The number of Topliss-reactive ketones (excluding diaryl/α,β-unsaturated/α-hetero) is 1. The maximum absolute atomic E-state index is 14.5. The number of hydrogen-bond acceptors (Lipinski definition) is 4. The van der Waals surface area contributed by atoms with Crippen molar-refractivity contribution in [3.05, 3.63) is 71.5 Å². The molecule has 0 bridgehead atoms. The molecule has 0 aromatic heterocycles. The molecule has 3 nitrogen and oxygen atoms in total. The Hall–Kier alpha value is -1.98. The predicted octanol–water partition coefficient (Wildman–Crippen LogP) is 4.09. The van der Waals surface area contributed by atoms with E-state index in [1.807, 2.05) is 36.4 Å². The lowest BCUT2D eigenvalue weighted by molar-refractivity contribution is 0.100. The Labute approximate surface area is 150 Å². The predicted molar refractivity (Wildman–Crippen MR) is 97.7 cm³/mol. The van der Waals surface area contributed by atoms with Gasteiger partial charge in [-0.15, -0.1) is 11.8 Å². The number of benzene rings is 2. The van der Waals surface area contributed by atoms with Gasteiger partial charge in [-0.05, 0) is 6.07 Å². The third-order valence-electron chi connectivity index (χ3n) is 4.84. The number of hydrogen-bond donors (Lipinski definition) is 0. The first-order valence-corrected chi connectivity index (χ1v) is 9.30. The Morgan fingerprint density at radius 2 is 1.96 bits per heavy atom. The van der Waals surface area contributed by atoms with Crippen LogP contribution in [0.5, 0.6) is 0 Å². The Bertz CT molecular complexity index is 823. The molecule has 2 aromatic rings. The first-order chi connectivity index (χ1) is 12.2. The van der Waals surface area contributed by atoms with E-state index in [9.17, 15) is 9.18 Å². The zero-order valence-corrected chi connectivity index (χ0v) is 14.5. The third-order valence-corrected chi connectivity index (χ3v) is 5.98. The maximum Gasteiger partial charge on any atom is 0.169 e. The molecule has 2 atom stereocenters. The average molecular weight is 355 g/mol. The Morgan fingerprint density at radius 1 is 1.20 bits per heavy atom. The summed E-state index contributed by atoms with van der Waals surface area (Å²) in [5.41, 5.74) is 0.543. The second kappa shape index (κ2) is 6.73. The largest absolute Gasteiger partial charge is 0.378 e. The number of rotatable bonds is 4. The summed E-state index contributed by atoms with van der Waals surface area (Å²) in [6.07, 6.45) is 0.248. The number of carbonyl (C=O) groups excluding carboxylic acids is 1. The van der Waals surface area contributed by atoms with Crippen LogP contribution in [-0.2, 0) is 10.3 Å². The summed E-state index contributed by atoms with van der Waals surface area (Å²) in [6.45, 7) is 0.937. The van der Waals surface area contributed by atoms with Gasteiger partial charge >= 0.3 is 0 Å². The first-order valence-electron chi connectivity index (χ1n) is 8.31. The molecule has 2 aromatic carbocycles. The van der Waals surface area contributed by atoms with Gasteiger partial charge in [-0.3, -0.25) is 9.79 Å². The summed E-state index contributed by atoms with van der Waals surface area (Å²) in [5.74, 6) is 0.690. The molecule has 0 amide bonds. The molecule has 0 unspecified atom stereocenters. The monoisotopic (exact) mass is 355 g/mol. The minimum Gasteiger partial charge on any atom is -0.378 e. The molecular weight excluding hydrogens is 337 g/mol. The summed E-state index contributed by atoms with van der Waals surface area (Å²) in [7, 11) is 0. The van der Waals surface area contributed by atoms with E-state index in [4.69, 9.17) is 9.73 Å². The van der Waals surface area contributed by atoms with E-state index in [0.717, 1.165) is 10.8 Å². The number of ketones is 1. The lowest BCUT2D eigenvalue weighted by Gasteiger charge is -2.35. The van der Waals surface area contributed by atoms with Crippen LogP contribution < -0.4 is 0 Å². The van der Waals surface area contributed by atoms with Crippen LogP contribution in [0.25, 0.3) is 0 Å². The highest BCUT2D eigenvalue weighted by atomic mass is 32.2. The van der Waals surface area contributed by atoms with Crippen LogP contribution in [0.4, 0.5) is 4.39 Å². The fourth-order valence-corrected chi connectivity index (χ4v) is 4.72. The van der Waals surface area contributed by atoms with Gasteiger partial charge in [0, 0.05) is 22.8 Å². The second-order valence-corrected chi connectivity index (χ2v) is 7.49. The van der Waals surface area contributed by atoms with Gasteiger partial charge in [0.2, 0.25) is 0 Å². The highest BCUT2D eigenvalue weighted by Gasteiger charge is 2.49. The molecule has 1 fully saturated rings. The van der Waals surface area contributed by atoms with Crippen LogP contribution in [0.2, 0.25) is 0 Å². The zero-order valence-electron chi connectivity index (χ0n) is 13.7. The maximum atomic E-state index is 14.5. The molecule has 2 heterocycles. The van der Waals surface area contributed by atoms with Crippen LogP contribution in [0.1, 0.15) is 22.3 Å². The molecule has 25 heavy (non-hydrogen) atoms. The van der Waals surface area contributed by atoms with Crippen molar-refractivity contribution in [2.75, 3.05) is 19.0 Å². The van der Waals surface area contributed by atoms with Crippen molar-refractivity contribution in [1.82, 2.24) is 0 Å². The zero-order chi connectivity index (χ0) is 17.3. The van der Waals surface area contributed by atoms with Crippen LogP contribution in [-0.4, -0.2) is 29.8 Å². The summed E-state index contributed by atoms with van der Waals surface area (Å²) in [4.78, 5) is 17.4. The van der Waals surface area contributed by atoms with Crippen LogP contribution in [0.15, 0.2) is 59.6 Å². The minimum atomic E-state index is -0.705. The number of fused-ring (bicyclic) bond motifs is 1. The van der Waals surface area contributed by atoms with E-state index < -0.39 is 5.54 Å². The summed E-state index contributed by atoms with van der Waals surface area (Å²) in [5, 5.41) is 0.763. The Kier molecular flexibility index (Phi) is 4.44. The van der Waals surface area contributed by atoms with Crippen molar-refractivity contribution >= 4 is 22.6 Å². The van der Waals surface area contributed by atoms with Crippen molar-refractivity contribution in [3.8, 4) is 0 Å². The van der Waals surface area contributed by atoms with Gasteiger partial charge in [0.1, 0.15) is 11.4 Å². The molecule has 128 valence electrons. The van der Waals surface area contributed by atoms with Gasteiger partial charge in [-0.25, -0.2) is 4.39 Å². The number of ether oxygens (including phenoxy) is 1. The van der Waals surface area contributed by atoms with Gasteiger partial charge in [0.15, 0.2) is 5.78 Å². The van der Waals surface area contributed by atoms with Gasteiger partial charge in [-0.1, -0.05) is 48.5 Å². The van der Waals surface area contributed by atoms with Gasteiger partial charge in [0.05, 0.1) is 24.7 Å². The van der Waals surface area contributed by atoms with Crippen LogP contribution in [0.3, 0.4) is 0 Å². The molecule has 0 radical (unpaired) electrons. The normalized spacial score (nSPS) is 25.3. The number of nitrogens with zero attached hydrogens (tertiary/aromatic N) is 1. The number of carbonyl (C=O) groups is 1. The number of aliphatic imine (C=N–C) groups is 1. The Morgan fingerprint density at radius 3 is 2.76 bits per heavy atom. The van der Waals surface area contributed by atoms with Crippen molar-refractivity contribution in [2.45, 2.75) is 12.0 Å². The van der Waals surface area contributed by atoms with Crippen molar-refractivity contribution in [2.24, 2.45) is 10.9 Å². The van der Waals surface area contributed by atoms with Crippen LogP contribution >= 0.6 is 11.8 Å². The molecule has 5 heteroatoms. The molecular formula is C20H18FNO2S. The number of halogens is 1. The van der Waals surface area contributed by atoms with Crippen LogP contribution in [0, 0.1) is 11.7 Å². The lowest BCUT2D eigenvalue weighted by atomic mass is 9.81. The fraction of sp³-hybridized carbons (Fsp3) is 0.300. The SMILES string of the molecule is O=C(CC1=N[C@@]2(c3ccccc3F)COC[C@H]2CS1)c1ccccc1. The van der Waals surface area contributed by atoms with Crippen molar-refractivity contribution < 1.29 is 13.9 Å². The molecule has 2 aliphatic heterocycles. The quantitative estimate of drug-likeness (QED) is 0.776. The molecule has 0 aliphatic carbocycles. The van der Waals surface area contributed by atoms with E-state index in [-0.39, 0.29) is 23.9 Å². The molecule has 2 aliphatic rings. The summed E-state index contributed by atoms with van der Waals surface area (Å²) < 4.78 is 20.1. The van der Waals surface area contributed by atoms with E-state index in [1.165, 1.54) is 6.07 Å². The van der Waals surface area contributed by atoms with Gasteiger partial charge in [0.25, 0.3) is 0 Å². The van der Waals surface area contributed by atoms with Crippen molar-refractivity contribution in [1.29, 1.82) is 0 Å². The van der Waals surface area contributed by atoms with Crippen molar-refractivity contribution in [3.63, 3.8) is 0 Å². The fourth-order valence-electron chi connectivity index (χ4n) is 3.50. The average Bonchev–Trinajstić information content (AvgIpc) is 3.07. The summed E-state index contributed by atoms with van der Waals surface area (Å²) in [6, 6.07) is 16.0. The molecule has 0 N–H and O–H groups in total. The standard InChI is InChI=1S/C20H18FNO2S/c21-17-9-5-4-8-16(17)20-13-24-11-15(20)12-25-19(22-20)10-18(23)14-6-2-1-3-7-14/h1-9,15H,10-13H2/t15-,20-/m0/s1.